The van der Waals surface area contributed by atoms with Crippen molar-refractivity contribution in [2.45, 2.75) is 53.1 Å². The molecule has 1 amide bonds. The predicted molar refractivity (Wildman–Crippen MR) is 148 cm³/mol. The number of piperidine rings is 1. The third kappa shape index (κ3) is 7.70. The number of carbonyl (C=O) groups excluding carboxylic acids is 1. The van der Waals surface area contributed by atoms with Gasteiger partial charge in [-0.05, 0) is 67.2 Å². The van der Waals surface area contributed by atoms with Gasteiger partial charge in [0.25, 0.3) is 0 Å². The summed E-state index contributed by atoms with van der Waals surface area (Å²) in [6.45, 7) is 13.6. The normalized spacial score (nSPS) is 17.6. The maximum atomic E-state index is 13.1. The van der Waals surface area contributed by atoms with E-state index in [1.807, 2.05) is 39.1 Å². The number of aryl methyl sites for hydroxylation is 1. The van der Waals surface area contributed by atoms with E-state index in [2.05, 4.69) is 51.2 Å². The molecular weight excluding hydrogens is 456 g/mol. The average molecular weight is 499 g/mol. The zero-order valence-corrected chi connectivity index (χ0v) is 22.8. The van der Waals surface area contributed by atoms with Crippen molar-refractivity contribution < 1.29 is 4.79 Å². The van der Waals surface area contributed by atoms with Crippen LogP contribution in [0.25, 0.3) is 0 Å². The molecule has 0 unspecified atom stereocenters. The highest BCUT2D eigenvalue weighted by molar-refractivity contribution is 6.30. The topological polar surface area (TPSA) is 38.8 Å². The maximum Gasteiger partial charge on any atom is 0.225 e. The van der Waals surface area contributed by atoms with Crippen LogP contribution in [0.15, 0.2) is 42.5 Å². The van der Waals surface area contributed by atoms with Gasteiger partial charge in [-0.3, -0.25) is 14.6 Å². The molecule has 0 spiro atoms. The molecule has 1 N–H and O–H groups in total. The molecule has 2 aliphatic rings. The first kappa shape index (κ1) is 27.5. The fourth-order valence-corrected chi connectivity index (χ4v) is 5.37. The van der Waals surface area contributed by atoms with Crippen LogP contribution in [0.5, 0.6) is 0 Å². The summed E-state index contributed by atoms with van der Waals surface area (Å²) in [7, 11) is 1.98. The van der Waals surface area contributed by atoms with Gasteiger partial charge in [-0.25, -0.2) is 0 Å². The smallest absolute Gasteiger partial charge is 0.225 e. The van der Waals surface area contributed by atoms with Crippen molar-refractivity contribution in [1.82, 2.24) is 14.7 Å². The molecule has 0 bridgehead atoms. The molecule has 192 valence electrons. The van der Waals surface area contributed by atoms with Gasteiger partial charge < -0.3 is 10.2 Å². The minimum atomic E-state index is 0.179. The van der Waals surface area contributed by atoms with E-state index in [4.69, 9.17) is 11.6 Å². The zero-order valence-electron chi connectivity index (χ0n) is 22.0. The van der Waals surface area contributed by atoms with Crippen LogP contribution >= 0.6 is 11.6 Å². The first-order valence-electron chi connectivity index (χ1n) is 13.3. The van der Waals surface area contributed by atoms with Crippen LogP contribution in [0, 0.1) is 5.92 Å². The molecule has 0 radical (unpaired) electrons. The van der Waals surface area contributed by atoms with E-state index in [0.717, 1.165) is 76.6 Å². The van der Waals surface area contributed by atoms with Crippen LogP contribution in [0.1, 0.15) is 50.3 Å². The first-order valence-corrected chi connectivity index (χ1v) is 13.7. The third-order valence-corrected chi connectivity index (χ3v) is 7.38. The van der Waals surface area contributed by atoms with Gasteiger partial charge in [-0.2, -0.15) is 0 Å². The second kappa shape index (κ2) is 13.9. The molecule has 5 nitrogen and oxygen atoms in total. The lowest BCUT2D eigenvalue weighted by Crippen LogP contribution is -2.51. The number of carbonyl (C=O) groups is 1. The van der Waals surface area contributed by atoms with Crippen LogP contribution in [0.3, 0.4) is 0 Å². The number of anilines is 1. The van der Waals surface area contributed by atoms with Crippen molar-refractivity contribution in [3.05, 3.63) is 64.2 Å². The van der Waals surface area contributed by atoms with E-state index in [-0.39, 0.29) is 5.92 Å². The number of amides is 1. The van der Waals surface area contributed by atoms with E-state index >= 15 is 0 Å². The molecule has 2 aromatic carbocycles. The van der Waals surface area contributed by atoms with Crippen LogP contribution < -0.4 is 5.32 Å². The van der Waals surface area contributed by atoms with Crippen molar-refractivity contribution >= 4 is 23.2 Å². The first-order chi connectivity index (χ1) is 17.1. The Kier molecular flexibility index (Phi) is 10.9. The summed E-state index contributed by atoms with van der Waals surface area (Å²) in [4.78, 5) is 20.2. The Balaban J connectivity index is 0.00000167. The highest BCUT2D eigenvalue weighted by Gasteiger charge is 2.30. The van der Waals surface area contributed by atoms with Crippen molar-refractivity contribution in [2.75, 3.05) is 51.6 Å². The Labute approximate surface area is 217 Å². The van der Waals surface area contributed by atoms with Gasteiger partial charge in [-0.1, -0.05) is 56.6 Å². The Hall–Kier alpha value is -2.08. The summed E-state index contributed by atoms with van der Waals surface area (Å²) in [6, 6.07) is 14.8. The number of rotatable bonds is 7. The quantitative estimate of drug-likeness (QED) is 0.545. The van der Waals surface area contributed by atoms with E-state index in [1.54, 1.807) is 0 Å². The van der Waals surface area contributed by atoms with Gasteiger partial charge in [0.05, 0.1) is 0 Å². The molecule has 4 rings (SSSR count). The predicted octanol–water partition coefficient (Wildman–Crippen LogP) is 5.53. The summed E-state index contributed by atoms with van der Waals surface area (Å²) in [5.74, 6) is 0.544. The Morgan fingerprint density at radius 2 is 1.54 bits per heavy atom. The van der Waals surface area contributed by atoms with E-state index in [1.165, 1.54) is 22.4 Å². The van der Waals surface area contributed by atoms with Gasteiger partial charge in [0.15, 0.2) is 0 Å². The maximum absolute atomic E-state index is 13.1. The van der Waals surface area contributed by atoms with Crippen molar-refractivity contribution in [1.29, 1.82) is 0 Å². The molecule has 0 atom stereocenters. The van der Waals surface area contributed by atoms with Crippen LogP contribution in [0.2, 0.25) is 5.02 Å². The summed E-state index contributed by atoms with van der Waals surface area (Å²) >= 11 is 6.12. The number of hydrogen-bond donors (Lipinski definition) is 1. The second-order valence-corrected chi connectivity index (χ2v) is 9.81. The number of nitrogens with zero attached hydrogens (tertiary/aromatic N) is 3. The molecule has 35 heavy (non-hydrogen) atoms. The molecule has 2 aromatic rings. The fraction of sp³-hybridized carbons (Fsp3) is 0.552. The summed E-state index contributed by atoms with van der Waals surface area (Å²) in [5.41, 5.74) is 5.19. The van der Waals surface area contributed by atoms with Crippen LogP contribution in [0.4, 0.5) is 5.69 Å². The summed E-state index contributed by atoms with van der Waals surface area (Å²) in [5, 5.41) is 4.07. The van der Waals surface area contributed by atoms with Crippen molar-refractivity contribution in [2.24, 2.45) is 5.92 Å². The summed E-state index contributed by atoms with van der Waals surface area (Å²) < 4.78 is 0. The van der Waals surface area contributed by atoms with Crippen LogP contribution in [-0.2, 0) is 24.3 Å². The largest absolute Gasteiger partial charge is 0.388 e. The van der Waals surface area contributed by atoms with Crippen molar-refractivity contribution in [3.8, 4) is 0 Å². The second-order valence-electron chi connectivity index (χ2n) is 9.38. The van der Waals surface area contributed by atoms with E-state index in [9.17, 15) is 4.79 Å². The number of piperazine rings is 1. The van der Waals surface area contributed by atoms with Gasteiger partial charge >= 0.3 is 0 Å². The van der Waals surface area contributed by atoms with Gasteiger partial charge in [0, 0.05) is 62.9 Å². The molecular formula is C29H43ClN4O. The lowest BCUT2D eigenvalue weighted by Gasteiger charge is -2.38. The highest BCUT2D eigenvalue weighted by Crippen LogP contribution is 2.24. The number of nitrogens with one attached hydrogen (secondary N) is 1. The number of hydrogen-bond acceptors (Lipinski definition) is 4. The summed E-state index contributed by atoms with van der Waals surface area (Å²) in [6.07, 6.45) is 2.97. The Morgan fingerprint density at radius 1 is 0.914 bits per heavy atom. The van der Waals surface area contributed by atoms with Gasteiger partial charge in [0.2, 0.25) is 5.91 Å². The third-order valence-electron chi connectivity index (χ3n) is 7.14. The lowest BCUT2D eigenvalue weighted by molar-refractivity contribution is -0.139. The Morgan fingerprint density at radius 3 is 2.14 bits per heavy atom. The average Bonchev–Trinajstić information content (AvgIpc) is 2.90. The SMILES string of the molecule is CC.CCc1cc(CN2CCC(C(=O)N3CCN(Cc4cccc(Cl)c4)CC3)CC2)ccc1NC. The number of likely N-dealkylation sites (tertiary alicyclic amines) is 1. The van der Waals surface area contributed by atoms with Crippen LogP contribution in [-0.4, -0.2) is 66.9 Å². The molecule has 2 fully saturated rings. The van der Waals surface area contributed by atoms with E-state index in [0.29, 0.717) is 5.91 Å². The molecule has 2 aliphatic heterocycles. The molecule has 2 saturated heterocycles. The van der Waals surface area contributed by atoms with E-state index < -0.39 is 0 Å². The number of benzene rings is 2. The molecule has 6 heteroatoms. The zero-order chi connectivity index (χ0) is 25.2. The van der Waals surface area contributed by atoms with Gasteiger partial charge in [0.1, 0.15) is 0 Å². The monoisotopic (exact) mass is 498 g/mol. The Bertz CT molecular complexity index is 934. The molecule has 0 saturated carbocycles. The standard InChI is InChI=1S/C27H37ClN4O.C2H6/c1-3-23-17-22(7-8-26(23)29-2)20-30-11-9-24(10-12-30)27(33)32-15-13-31(14-16-32)19-21-5-4-6-25(28)18-21;1-2/h4-8,17-18,24,29H,3,9-16,19-20H2,1-2H3;1-2H3. The highest BCUT2D eigenvalue weighted by atomic mass is 35.5. The number of halogens is 1. The molecule has 0 aromatic heterocycles. The fourth-order valence-electron chi connectivity index (χ4n) is 5.16. The lowest BCUT2D eigenvalue weighted by atomic mass is 9.94. The minimum absolute atomic E-state index is 0.179. The molecule has 2 heterocycles. The van der Waals surface area contributed by atoms with Crippen molar-refractivity contribution in [3.63, 3.8) is 0 Å². The minimum Gasteiger partial charge on any atom is -0.388 e. The molecule has 0 aliphatic carbocycles. The van der Waals surface area contributed by atoms with Gasteiger partial charge in [-0.15, -0.1) is 0 Å².